The zero-order valence-corrected chi connectivity index (χ0v) is 14.3. The lowest BCUT2D eigenvalue weighted by Gasteiger charge is -2.21. The van der Waals surface area contributed by atoms with Crippen LogP contribution in [0.1, 0.15) is 50.4 Å². The SMILES string of the molecule is CC(C)(C)OC(=O)NC1CCC(NC(=O)c2cc(F)c(F)c(F)c2)C1. The number of benzene rings is 1. The van der Waals surface area contributed by atoms with E-state index in [4.69, 9.17) is 4.74 Å². The van der Waals surface area contributed by atoms with E-state index < -0.39 is 35.1 Å². The van der Waals surface area contributed by atoms with E-state index in [1.807, 2.05) is 0 Å². The fourth-order valence-electron chi connectivity index (χ4n) is 2.67. The number of hydrogen-bond donors (Lipinski definition) is 2. The summed E-state index contributed by atoms with van der Waals surface area (Å²) in [5.41, 5.74) is -0.896. The van der Waals surface area contributed by atoms with Crippen LogP contribution in [0.5, 0.6) is 0 Å². The monoisotopic (exact) mass is 358 g/mol. The van der Waals surface area contributed by atoms with Crippen molar-refractivity contribution in [1.82, 2.24) is 10.6 Å². The van der Waals surface area contributed by atoms with Crippen molar-refractivity contribution in [3.8, 4) is 0 Å². The second kappa shape index (κ2) is 7.33. The molecule has 0 aromatic heterocycles. The zero-order valence-electron chi connectivity index (χ0n) is 14.3. The molecule has 2 rings (SSSR count). The van der Waals surface area contributed by atoms with Gasteiger partial charge in [0.1, 0.15) is 5.60 Å². The molecule has 2 amide bonds. The number of halogens is 3. The van der Waals surface area contributed by atoms with Crippen LogP contribution in [0.25, 0.3) is 0 Å². The van der Waals surface area contributed by atoms with Crippen LogP contribution in [0, 0.1) is 17.5 Å². The van der Waals surface area contributed by atoms with Gasteiger partial charge in [-0.2, -0.15) is 0 Å². The van der Waals surface area contributed by atoms with Gasteiger partial charge in [0, 0.05) is 17.6 Å². The number of alkyl carbamates (subject to hydrolysis) is 1. The Kier molecular flexibility index (Phi) is 5.59. The Morgan fingerprint density at radius 1 is 1.04 bits per heavy atom. The van der Waals surface area contributed by atoms with Gasteiger partial charge in [0.15, 0.2) is 17.5 Å². The predicted octanol–water partition coefficient (Wildman–Crippen LogP) is 3.28. The summed E-state index contributed by atoms with van der Waals surface area (Å²) < 4.78 is 44.5. The molecule has 2 N–H and O–H groups in total. The quantitative estimate of drug-likeness (QED) is 0.815. The van der Waals surface area contributed by atoms with Crippen LogP contribution in [-0.2, 0) is 4.74 Å². The molecule has 0 spiro atoms. The summed E-state index contributed by atoms with van der Waals surface area (Å²) in [5.74, 6) is -5.14. The van der Waals surface area contributed by atoms with E-state index in [1.54, 1.807) is 20.8 Å². The summed E-state index contributed by atoms with van der Waals surface area (Å²) in [5, 5.41) is 5.36. The Morgan fingerprint density at radius 2 is 1.56 bits per heavy atom. The van der Waals surface area contributed by atoms with Crippen molar-refractivity contribution in [2.75, 3.05) is 0 Å². The van der Waals surface area contributed by atoms with Gasteiger partial charge < -0.3 is 15.4 Å². The molecule has 8 heteroatoms. The van der Waals surface area contributed by atoms with E-state index in [0.29, 0.717) is 31.4 Å². The zero-order chi connectivity index (χ0) is 18.8. The van der Waals surface area contributed by atoms with Crippen LogP contribution in [-0.4, -0.2) is 29.7 Å². The number of ether oxygens (including phenoxy) is 1. The third-order valence-corrected chi connectivity index (χ3v) is 3.73. The Balaban J connectivity index is 1.88. The van der Waals surface area contributed by atoms with Gasteiger partial charge >= 0.3 is 6.09 Å². The standard InChI is InChI=1S/C17H21F3N2O3/c1-17(2,3)25-16(24)22-11-5-4-10(8-11)21-15(23)9-6-12(18)14(20)13(19)7-9/h6-7,10-11H,4-5,8H2,1-3H3,(H,21,23)(H,22,24). The molecule has 0 aliphatic heterocycles. The topological polar surface area (TPSA) is 67.4 Å². The van der Waals surface area contributed by atoms with Crippen LogP contribution in [0.4, 0.5) is 18.0 Å². The molecule has 25 heavy (non-hydrogen) atoms. The van der Waals surface area contributed by atoms with Crippen molar-refractivity contribution in [3.63, 3.8) is 0 Å². The van der Waals surface area contributed by atoms with Gasteiger partial charge in [-0.15, -0.1) is 0 Å². The average Bonchev–Trinajstić information content (AvgIpc) is 2.88. The molecule has 1 aliphatic carbocycles. The minimum Gasteiger partial charge on any atom is -0.444 e. The van der Waals surface area contributed by atoms with Gasteiger partial charge in [-0.3, -0.25) is 4.79 Å². The number of carbonyl (C=O) groups is 2. The highest BCUT2D eigenvalue weighted by molar-refractivity contribution is 5.94. The van der Waals surface area contributed by atoms with Crippen molar-refractivity contribution >= 4 is 12.0 Å². The Hall–Kier alpha value is -2.25. The molecule has 0 bridgehead atoms. The highest BCUT2D eigenvalue weighted by atomic mass is 19.2. The molecule has 5 nitrogen and oxygen atoms in total. The first kappa shape index (κ1) is 19.1. The second-order valence-corrected chi connectivity index (χ2v) is 7.08. The van der Waals surface area contributed by atoms with Gasteiger partial charge in [-0.05, 0) is 52.2 Å². The van der Waals surface area contributed by atoms with E-state index >= 15 is 0 Å². The highest BCUT2D eigenvalue weighted by Gasteiger charge is 2.29. The molecule has 0 heterocycles. The fourth-order valence-corrected chi connectivity index (χ4v) is 2.67. The van der Waals surface area contributed by atoms with Gasteiger partial charge in [-0.25, -0.2) is 18.0 Å². The second-order valence-electron chi connectivity index (χ2n) is 7.08. The van der Waals surface area contributed by atoms with Crippen LogP contribution in [0.3, 0.4) is 0 Å². The minimum absolute atomic E-state index is 0.165. The van der Waals surface area contributed by atoms with Gasteiger partial charge in [0.05, 0.1) is 0 Å². The fraction of sp³-hybridized carbons (Fsp3) is 0.529. The molecule has 1 aromatic carbocycles. The minimum atomic E-state index is -1.61. The molecule has 0 radical (unpaired) electrons. The van der Waals surface area contributed by atoms with Crippen LogP contribution >= 0.6 is 0 Å². The first-order chi connectivity index (χ1) is 11.5. The van der Waals surface area contributed by atoms with Gasteiger partial charge in [0.25, 0.3) is 5.91 Å². The van der Waals surface area contributed by atoms with E-state index in [0.717, 1.165) is 0 Å². The molecule has 138 valence electrons. The van der Waals surface area contributed by atoms with Gasteiger partial charge in [0.2, 0.25) is 0 Å². The molecular formula is C17H21F3N2O3. The molecule has 0 saturated heterocycles. The number of carbonyl (C=O) groups excluding carboxylic acids is 2. The number of amides is 2. The van der Waals surface area contributed by atoms with Crippen molar-refractivity contribution in [2.24, 2.45) is 0 Å². The van der Waals surface area contributed by atoms with Crippen LogP contribution in [0.15, 0.2) is 12.1 Å². The van der Waals surface area contributed by atoms with E-state index in [2.05, 4.69) is 10.6 Å². The summed E-state index contributed by atoms with van der Waals surface area (Å²) in [6, 6.07) is 0.878. The molecule has 1 aliphatic rings. The Labute approximate surface area is 143 Å². The third-order valence-electron chi connectivity index (χ3n) is 3.73. The van der Waals surface area contributed by atoms with E-state index in [1.165, 1.54) is 0 Å². The summed E-state index contributed by atoms with van der Waals surface area (Å²) in [4.78, 5) is 23.8. The molecule has 2 unspecified atom stereocenters. The van der Waals surface area contributed by atoms with Crippen LogP contribution in [0.2, 0.25) is 0 Å². The van der Waals surface area contributed by atoms with Crippen molar-refractivity contribution in [3.05, 3.63) is 35.1 Å². The predicted molar refractivity (Wildman–Crippen MR) is 84.6 cm³/mol. The summed E-state index contributed by atoms with van der Waals surface area (Å²) in [7, 11) is 0. The van der Waals surface area contributed by atoms with E-state index in [-0.39, 0.29) is 17.6 Å². The Bertz CT molecular complexity index is 651. The van der Waals surface area contributed by atoms with Crippen molar-refractivity contribution < 1.29 is 27.5 Å². The largest absolute Gasteiger partial charge is 0.444 e. The normalized spacial score (nSPS) is 20.2. The number of hydrogen-bond acceptors (Lipinski definition) is 3. The molecule has 1 fully saturated rings. The first-order valence-corrected chi connectivity index (χ1v) is 8.00. The van der Waals surface area contributed by atoms with Crippen LogP contribution < -0.4 is 10.6 Å². The maximum absolute atomic E-state index is 13.2. The summed E-state index contributed by atoms with van der Waals surface area (Å²) in [6.07, 6.45) is 1.17. The lowest BCUT2D eigenvalue weighted by Crippen LogP contribution is -2.39. The summed E-state index contributed by atoms with van der Waals surface area (Å²) in [6.45, 7) is 5.27. The number of nitrogens with one attached hydrogen (secondary N) is 2. The van der Waals surface area contributed by atoms with Crippen molar-refractivity contribution in [1.29, 1.82) is 0 Å². The lowest BCUT2D eigenvalue weighted by molar-refractivity contribution is 0.0505. The molecule has 1 saturated carbocycles. The van der Waals surface area contributed by atoms with Gasteiger partial charge in [-0.1, -0.05) is 0 Å². The summed E-state index contributed by atoms with van der Waals surface area (Å²) >= 11 is 0. The third kappa shape index (κ3) is 5.37. The highest BCUT2D eigenvalue weighted by Crippen LogP contribution is 2.21. The maximum atomic E-state index is 13.2. The first-order valence-electron chi connectivity index (χ1n) is 8.00. The van der Waals surface area contributed by atoms with E-state index in [9.17, 15) is 22.8 Å². The smallest absolute Gasteiger partial charge is 0.407 e. The lowest BCUT2D eigenvalue weighted by atomic mass is 10.1. The maximum Gasteiger partial charge on any atom is 0.407 e. The average molecular weight is 358 g/mol. The Morgan fingerprint density at radius 3 is 2.08 bits per heavy atom. The molecule has 2 atom stereocenters. The molecule has 1 aromatic rings. The van der Waals surface area contributed by atoms with Crippen molar-refractivity contribution in [2.45, 2.75) is 57.7 Å². The molecular weight excluding hydrogens is 337 g/mol. The number of rotatable bonds is 3.